The fraction of sp³-hybridized carbons (Fsp3) is 0.143. The molecule has 0 N–H and O–H groups in total. The molecule has 0 aliphatic heterocycles. The highest BCUT2D eigenvalue weighted by molar-refractivity contribution is 6.12. The third-order valence-corrected chi connectivity index (χ3v) is 16.6. The highest BCUT2D eigenvalue weighted by Crippen LogP contribution is 2.49. The van der Waals surface area contributed by atoms with Gasteiger partial charge in [-0.2, -0.15) is 116 Å². The largest absolute Gasteiger partial charge is 0.416 e. The first-order valence-electron chi connectivity index (χ1n) is 28.2. The van der Waals surface area contributed by atoms with Crippen molar-refractivity contribution in [2.75, 3.05) is 0 Å². The molecule has 4 nitrogen and oxygen atoms in total. The van der Waals surface area contributed by atoms with Gasteiger partial charge in [0.05, 0.1) is 84.3 Å². The number of halogens is 24. The summed E-state index contributed by atoms with van der Waals surface area (Å²) in [5, 5.41) is 21.3. The van der Waals surface area contributed by atoms with E-state index in [4.69, 9.17) is 0 Å². The predicted octanol–water partition coefficient (Wildman–Crippen LogP) is 23.8. The Morgan fingerprint density at radius 1 is 0.276 bits per heavy atom. The van der Waals surface area contributed by atoms with Crippen molar-refractivity contribution in [2.45, 2.75) is 62.3 Å². The summed E-state index contributed by atoms with van der Waals surface area (Å²) in [5.41, 5.74) is -17.1. The van der Waals surface area contributed by atoms with Crippen LogP contribution in [0.4, 0.5) is 105 Å². The number of hydrogen-bond acceptors (Lipinski definition) is 2. The Bertz CT molecular complexity index is 4970. The van der Waals surface area contributed by atoms with Gasteiger partial charge in [0.1, 0.15) is 0 Å². The van der Waals surface area contributed by atoms with E-state index in [0.717, 1.165) is 36.4 Å². The second kappa shape index (κ2) is 23.0. The first-order chi connectivity index (χ1) is 45.5. The van der Waals surface area contributed by atoms with E-state index < -0.39 is 116 Å². The molecule has 0 radical (unpaired) electrons. The zero-order chi connectivity index (χ0) is 71.1. The fourth-order valence-corrected chi connectivity index (χ4v) is 12.1. The molecule has 0 spiro atoms. The van der Waals surface area contributed by atoms with Crippen LogP contribution in [0, 0.1) is 22.7 Å². The number of fused-ring (bicyclic) bond motifs is 6. The van der Waals surface area contributed by atoms with E-state index in [1.807, 2.05) is 12.1 Å². The molecule has 0 saturated carbocycles. The SMILES string of the molecule is N#Cc1ccc(-n2c3c(c4cc(-c5cc(C(F)(F)F)cc(C(F)(F)F)c5)ccc42)C=C(c2cc(C(F)(F)F)cc(C(F)(F)F)c2)CC3)cc1-c1cc(-n2c3ccc(-c4cc(C(F)(F)F)cc(C(F)(F)F)c4)cc3c3cc(-c4cc(C(F)(F)F)cc(C(F)(F)F)c4)ccc32)ccc1C#N. The molecule has 0 bridgehead atoms. The first kappa shape index (κ1) is 67.3. The molecule has 1 aliphatic carbocycles. The lowest BCUT2D eigenvalue weighted by molar-refractivity contribution is -0.144. The summed E-state index contributed by atoms with van der Waals surface area (Å²) >= 11 is 0. The van der Waals surface area contributed by atoms with Crippen molar-refractivity contribution in [3.05, 3.63) is 236 Å². The molecule has 2 heterocycles. The van der Waals surface area contributed by atoms with Crippen LogP contribution in [0.5, 0.6) is 0 Å². The molecule has 28 heteroatoms. The van der Waals surface area contributed by atoms with Gasteiger partial charge in [-0.1, -0.05) is 18.2 Å². The second-order valence-corrected chi connectivity index (χ2v) is 22.8. The van der Waals surface area contributed by atoms with Crippen molar-refractivity contribution in [3.63, 3.8) is 0 Å². The molecule has 0 atom stereocenters. The topological polar surface area (TPSA) is 57.4 Å². The third-order valence-electron chi connectivity index (χ3n) is 16.6. The van der Waals surface area contributed by atoms with Crippen molar-refractivity contribution in [1.29, 1.82) is 10.5 Å². The van der Waals surface area contributed by atoms with Gasteiger partial charge in [0.25, 0.3) is 0 Å². The summed E-state index contributed by atoms with van der Waals surface area (Å²) in [7, 11) is 0. The van der Waals surface area contributed by atoms with Crippen LogP contribution in [0.15, 0.2) is 164 Å². The number of allylic oxidation sites excluding steroid dienone is 1. The first-order valence-corrected chi connectivity index (χ1v) is 28.2. The Morgan fingerprint density at radius 2 is 0.561 bits per heavy atom. The maximum Gasteiger partial charge on any atom is 0.416 e. The lowest BCUT2D eigenvalue weighted by atomic mass is 9.89. The van der Waals surface area contributed by atoms with Crippen LogP contribution in [0.2, 0.25) is 0 Å². The Hall–Kier alpha value is -10.6. The van der Waals surface area contributed by atoms with Gasteiger partial charge in [0.15, 0.2) is 0 Å². The van der Waals surface area contributed by atoms with Crippen molar-refractivity contribution in [3.8, 4) is 68.0 Å². The minimum absolute atomic E-state index is 0.0167. The highest BCUT2D eigenvalue weighted by atomic mass is 19.4. The molecular weight excluding hydrogens is 1350 g/mol. The van der Waals surface area contributed by atoms with Gasteiger partial charge in [-0.25, -0.2) is 0 Å². The smallest absolute Gasteiger partial charge is 0.313 e. The number of nitriles is 2. The molecule has 0 unspecified atom stereocenters. The minimum Gasteiger partial charge on any atom is -0.313 e. The van der Waals surface area contributed by atoms with Crippen LogP contribution in [-0.2, 0) is 55.8 Å². The van der Waals surface area contributed by atoms with E-state index in [2.05, 4.69) is 0 Å². The van der Waals surface area contributed by atoms with Crippen molar-refractivity contribution in [1.82, 2.24) is 9.13 Å². The van der Waals surface area contributed by atoms with Gasteiger partial charge in [-0.05, 0) is 209 Å². The van der Waals surface area contributed by atoms with Crippen LogP contribution in [0.1, 0.15) is 78.9 Å². The molecule has 500 valence electrons. The number of benzene rings is 9. The number of nitrogens with zero attached hydrogens (tertiary/aromatic N) is 4. The molecule has 12 rings (SSSR count). The van der Waals surface area contributed by atoms with E-state index >= 15 is 0 Å². The normalized spacial score (nSPS) is 13.7. The van der Waals surface area contributed by atoms with Crippen molar-refractivity contribution in [2.24, 2.45) is 0 Å². The third kappa shape index (κ3) is 12.6. The van der Waals surface area contributed by atoms with Gasteiger partial charge in [-0.15, -0.1) is 0 Å². The van der Waals surface area contributed by atoms with Crippen LogP contribution in [0.3, 0.4) is 0 Å². The summed E-state index contributed by atoms with van der Waals surface area (Å²) in [4.78, 5) is 0. The molecular formula is C70H32F24N4. The summed E-state index contributed by atoms with van der Waals surface area (Å²) < 4.78 is 344. The quantitative estimate of drug-likeness (QED) is 0.149. The van der Waals surface area contributed by atoms with Gasteiger partial charge in [0.2, 0.25) is 0 Å². The molecule has 0 saturated heterocycles. The molecule has 2 aromatic heterocycles. The molecule has 0 amide bonds. The highest BCUT2D eigenvalue weighted by Gasteiger charge is 2.42. The summed E-state index contributed by atoms with van der Waals surface area (Å²) in [5.74, 6) is 0. The van der Waals surface area contributed by atoms with E-state index in [-0.39, 0.29) is 137 Å². The Labute approximate surface area is 534 Å². The van der Waals surface area contributed by atoms with Crippen LogP contribution < -0.4 is 0 Å². The number of aromatic nitrogens is 2. The van der Waals surface area contributed by atoms with E-state index in [1.54, 1.807) is 0 Å². The molecule has 1 aliphatic rings. The molecule has 9 aromatic carbocycles. The Morgan fingerprint density at radius 3 is 0.867 bits per heavy atom. The number of alkyl halides is 24. The maximum atomic E-state index is 14.2. The maximum absolute atomic E-state index is 14.2. The predicted molar refractivity (Wildman–Crippen MR) is 311 cm³/mol. The van der Waals surface area contributed by atoms with Crippen LogP contribution >= 0.6 is 0 Å². The summed E-state index contributed by atoms with van der Waals surface area (Å²) in [6.07, 6.45) is -41.9. The zero-order valence-electron chi connectivity index (χ0n) is 48.4. The zero-order valence-corrected chi connectivity index (χ0v) is 48.4. The molecule has 98 heavy (non-hydrogen) atoms. The van der Waals surface area contributed by atoms with Crippen molar-refractivity contribution < 1.29 is 105 Å². The van der Waals surface area contributed by atoms with E-state index in [0.29, 0.717) is 48.5 Å². The lowest BCUT2D eigenvalue weighted by Crippen LogP contribution is -2.12. The fourth-order valence-electron chi connectivity index (χ4n) is 12.1. The summed E-state index contributed by atoms with van der Waals surface area (Å²) in [6.45, 7) is 0. The number of rotatable bonds is 7. The Balaban J connectivity index is 1.08. The van der Waals surface area contributed by atoms with E-state index in [9.17, 15) is 116 Å². The lowest BCUT2D eigenvalue weighted by Gasteiger charge is -2.20. The second-order valence-electron chi connectivity index (χ2n) is 22.8. The Kier molecular flexibility index (Phi) is 15.8. The minimum atomic E-state index is -5.33. The van der Waals surface area contributed by atoms with Crippen LogP contribution in [0.25, 0.3) is 100 Å². The van der Waals surface area contributed by atoms with Gasteiger partial charge in [0, 0.05) is 49.9 Å². The van der Waals surface area contributed by atoms with Crippen LogP contribution in [-0.4, -0.2) is 9.13 Å². The van der Waals surface area contributed by atoms with Gasteiger partial charge in [-0.3, -0.25) is 0 Å². The average Bonchev–Trinajstić information content (AvgIpc) is 1.57. The monoisotopic (exact) mass is 1380 g/mol. The standard InChI is InChI=1S/C70H32F24N4/c71-63(72,73)43-13-39(14-44(25-43)64(74,75)76)33-3-9-59-55(21-33)56-22-34(40-15-45(65(77,78)79)26-46(16-40)66(80,81)82)4-10-60(56)97(59)51-7-1-37(31-95)53(29-51)54-30-52(8-2-38(54)32-96)98-61-11-5-35(41-17-47(67(83,84)85)27-48(18-41)68(86,87)88)23-57(61)58-24-36(6-12-62(58)98)42-19-49(69(89,90)91)28-50(20-42)70(92,93)94/h1-5,7-11,13-30H,6,12H2. The molecule has 0 fully saturated rings. The van der Waals surface area contributed by atoms with E-state index in [1.165, 1.54) is 69.8 Å². The van der Waals surface area contributed by atoms with Crippen molar-refractivity contribution >= 4 is 44.4 Å². The number of hydrogen-bond donors (Lipinski definition) is 0. The average molecular weight is 1390 g/mol. The summed E-state index contributed by atoms with van der Waals surface area (Å²) in [6, 6.07) is 25.4. The molecule has 11 aromatic rings. The van der Waals surface area contributed by atoms with Gasteiger partial charge < -0.3 is 9.13 Å². The van der Waals surface area contributed by atoms with Gasteiger partial charge >= 0.3 is 49.4 Å².